The van der Waals surface area contributed by atoms with Gasteiger partial charge in [0.2, 0.25) is 0 Å². The van der Waals surface area contributed by atoms with Gasteiger partial charge in [0, 0.05) is 30.2 Å². The van der Waals surface area contributed by atoms with Gasteiger partial charge in [-0.05, 0) is 27.2 Å². The lowest BCUT2D eigenvalue weighted by Crippen LogP contribution is -2.58. The number of anilines is 2. The zero-order chi connectivity index (χ0) is 14.8. The van der Waals surface area contributed by atoms with Crippen LogP contribution in [0.1, 0.15) is 39.7 Å². The lowest BCUT2D eigenvalue weighted by molar-refractivity contribution is -0.0976. The molecule has 1 aromatic rings. The molecule has 1 aliphatic carbocycles. The number of ether oxygens (including phenoxy) is 1. The van der Waals surface area contributed by atoms with Crippen LogP contribution in [0, 0.1) is 12.3 Å². The molecule has 1 aliphatic rings. The molecule has 0 saturated heterocycles. The van der Waals surface area contributed by atoms with Crippen LogP contribution in [-0.4, -0.2) is 35.3 Å². The molecule has 1 heterocycles. The van der Waals surface area contributed by atoms with Gasteiger partial charge in [-0.15, -0.1) is 0 Å². The minimum absolute atomic E-state index is 0.131. The first-order valence-corrected chi connectivity index (χ1v) is 7.44. The Labute approximate surface area is 121 Å². The van der Waals surface area contributed by atoms with Gasteiger partial charge < -0.3 is 15.4 Å². The maximum absolute atomic E-state index is 5.77. The summed E-state index contributed by atoms with van der Waals surface area (Å²) < 4.78 is 5.77. The number of nitrogens with one attached hydrogen (secondary N) is 2. The van der Waals surface area contributed by atoms with E-state index >= 15 is 0 Å². The highest BCUT2D eigenvalue weighted by Crippen LogP contribution is 2.44. The van der Waals surface area contributed by atoms with Crippen molar-refractivity contribution in [1.29, 1.82) is 0 Å². The van der Waals surface area contributed by atoms with Crippen molar-refractivity contribution >= 4 is 11.6 Å². The molecule has 2 N–H and O–H groups in total. The molecule has 20 heavy (non-hydrogen) atoms. The number of hydrogen-bond acceptors (Lipinski definition) is 5. The lowest BCUT2D eigenvalue weighted by atomic mass is 9.64. The topological polar surface area (TPSA) is 59.1 Å². The number of rotatable bonds is 6. The normalized spacial score (nSPS) is 24.1. The first-order chi connectivity index (χ1) is 9.50. The standard InChI is InChI=1S/C15H26N4O/c1-6-16-13-10(3)14(18-9-17-13)19-11-8-12(20-7-2)15(11,4)5/h9,11-12H,6-8H2,1-5H3,(H2,16,17,18,19). The van der Waals surface area contributed by atoms with E-state index in [1.807, 2.05) is 13.8 Å². The van der Waals surface area contributed by atoms with Crippen molar-refractivity contribution in [2.24, 2.45) is 5.41 Å². The van der Waals surface area contributed by atoms with E-state index < -0.39 is 0 Å². The first kappa shape index (κ1) is 15.0. The van der Waals surface area contributed by atoms with E-state index in [0.29, 0.717) is 12.1 Å². The van der Waals surface area contributed by atoms with Gasteiger partial charge in [0.05, 0.1) is 6.10 Å². The zero-order valence-electron chi connectivity index (χ0n) is 13.2. The molecule has 0 amide bonds. The summed E-state index contributed by atoms with van der Waals surface area (Å²) in [5.41, 5.74) is 1.20. The minimum Gasteiger partial charge on any atom is -0.378 e. The molecule has 0 aromatic carbocycles. The van der Waals surface area contributed by atoms with Crippen LogP contribution in [0.5, 0.6) is 0 Å². The predicted molar refractivity (Wildman–Crippen MR) is 82.2 cm³/mol. The molecule has 0 spiro atoms. The third kappa shape index (κ3) is 2.73. The molecular formula is C15H26N4O. The molecule has 112 valence electrons. The van der Waals surface area contributed by atoms with E-state index in [2.05, 4.69) is 41.4 Å². The summed E-state index contributed by atoms with van der Waals surface area (Å²) in [6.45, 7) is 12.3. The summed E-state index contributed by atoms with van der Waals surface area (Å²) in [5.74, 6) is 1.83. The second kappa shape index (κ2) is 5.95. The fourth-order valence-corrected chi connectivity index (χ4v) is 2.72. The molecule has 1 fully saturated rings. The molecule has 0 radical (unpaired) electrons. The average molecular weight is 278 g/mol. The van der Waals surface area contributed by atoms with Crippen LogP contribution in [-0.2, 0) is 4.74 Å². The molecule has 5 heteroatoms. The molecule has 1 aromatic heterocycles. The second-order valence-corrected chi connectivity index (χ2v) is 5.92. The van der Waals surface area contributed by atoms with E-state index in [4.69, 9.17) is 4.74 Å². The summed E-state index contributed by atoms with van der Waals surface area (Å²) in [6, 6.07) is 0.391. The van der Waals surface area contributed by atoms with Crippen molar-refractivity contribution < 1.29 is 4.74 Å². The summed E-state index contributed by atoms with van der Waals surface area (Å²) in [5, 5.41) is 6.81. The van der Waals surface area contributed by atoms with E-state index in [1.165, 1.54) is 0 Å². The van der Waals surface area contributed by atoms with Crippen molar-refractivity contribution in [3.05, 3.63) is 11.9 Å². The Morgan fingerprint density at radius 3 is 2.60 bits per heavy atom. The van der Waals surface area contributed by atoms with Crippen molar-refractivity contribution in [3.63, 3.8) is 0 Å². The van der Waals surface area contributed by atoms with Crippen LogP contribution < -0.4 is 10.6 Å². The van der Waals surface area contributed by atoms with Gasteiger partial charge in [0.1, 0.15) is 18.0 Å². The molecular weight excluding hydrogens is 252 g/mol. The van der Waals surface area contributed by atoms with Gasteiger partial charge in [0.25, 0.3) is 0 Å². The van der Waals surface area contributed by atoms with Crippen LogP contribution in [0.25, 0.3) is 0 Å². The Balaban J connectivity index is 2.07. The highest BCUT2D eigenvalue weighted by Gasteiger charge is 2.49. The van der Waals surface area contributed by atoms with Gasteiger partial charge in [-0.3, -0.25) is 0 Å². The van der Waals surface area contributed by atoms with Crippen molar-refractivity contribution in [2.75, 3.05) is 23.8 Å². The molecule has 2 unspecified atom stereocenters. The molecule has 0 aliphatic heterocycles. The van der Waals surface area contributed by atoms with E-state index in [0.717, 1.165) is 36.8 Å². The first-order valence-electron chi connectivity index (χ1n) is 7.44. The van der Waals surface area contributed by atoms with Crippen molar-refractivity contribution in [1.82, 2.24) is 9.97 Å². The number of hydrogen-bond donors (Lipinski definition) is 2. The Hall–Kier alpha value is -1.36. The quantitative estimate of drug-likeness (QED) is 0.838. The van der Waals surface area contributed by atoms with Gasteiger partial charge in [0.15, 0.2) is 0 Å². The Bertz CT molecular complexity index is 461. The van der Waals surface area contributed by atoms with Crippen LogP contribution in [0.4, 0.5) is 11.6 Å². The third-order valence-electron chi connectivity index (χ3n) is 4.28. The highest BCUT2D eigenvalue weighted by atomic mass is 16.5. The van der Waals surface area contributed by atoms with Gasteiger partial charge in [-0.25, -0.2) is 9.97 Å². The molecule has 5 nitrogen and oxygen atoms in total. The lowest BCUT2D eigenvalue weighted by Gasteiger charge is -2.51. The van der Waals surface area contributed by atoms with Gasteiger partial charge in [-0.1, -0.05) is 13.8 Å². The summed E-state index contributed by atoms with van der Waals surface area (Å²) in [6.07, 6.45) is 2.97. The predicted octanol–water partition coefficient (Wildman–Crippen LogP) is 2.83. The smallest absolute Gasteiger partial charge is 0.134 e. The summed E-state index contributed by atoms with van der Waals surface area (Å²) in [4.78, 5) is 8.65. The summed E-state index contributed by atoms with van der Waals surface area (Å²) >= 11 is 0. The van der Waals surface area contributed by atoms with Crippen LogP contribution in [0.2, 0.25) is 0 Å². The minimum atomic E-state index is 0.131. The SMILES string of the molecule is CCNc1ncnc(NC2CC(OCC)C2(C)C)c1C. The fourth-order valence-electron chi connectivity index (χ4n) is 2.72. The van der Waals surface area contributed by atoms with Crippen LogP contribution in [0.15, 0.2) is 6.33 Å². The molecule has 2 atom stereocenters. The van der Waals surface area contributed by atoms with Crippen LogP contribution in [0.3, 0.4) is 0 Å². The van der Waals surface area contributed by atoms with E-state index in [1.54, 1.807) is 6.33 Å². The largest absolute Gasteiger partial charge is 0.378 e. The third-order valence-corrected chi connectivity index (χ3v) is 4.28. The highest BCUT2D eigenvalue weighted by molar-refractivity contribution is 5.57. The van der Waals surface area contributed by atoms with E-state index in [-0.39, 0.29) is 5.41 Å². The Kier molecular flexibility index (Phi) is 4.48. The average Bonchev–Trinajstić information content (AvgIpc) is 2.42. The zero-order valence-corrected chi connectivity index (χ0v) is 13.2. The number of aromatic nitrogens is 2. The number of nitrogens with zero attached hydrogens (tertiary/aromatic N) is 2. The molecule has 1 saturated carbocycles. The van der Waals surface area contributed by atoms with Gasteiger partial charge >= 0.3 is 0 Å². The monoisotopic (exact) mass is 278 g/mol. The fraction of sp³-hybridized carbons (Fsp3) is 0.733. The maximum atomic E-state index is 5.77. The maximum Gasteiger partial charge on any atom is 0.134 e. The molecule has 2 rings (SSSR count). The second-order valence-electron chi connectivity index (χ2n) is 5.92. The van der Waals surface area contributed by atoms with Gasteiger partial charge in [-0.2, -0.15) is 0 Å². The van der Waals surface area contributed by atoms with Crippen molar-refractivity contribution in [3.8, 4) is 0 Å². The van der Waals surface area contributed by atoms with E-state index in [9.17, 15) is 0 Å². The van der Waals surface area contributed by atoms with Crippen LogP contribution >= 0.6 is 0 Å². The summed E-state index contributed by atoms with van der Waals surface area (Å²) in [7, 11) is 0. The Morgan fingerprint density at radius 2 is 2.00 bits per heavy atom. The molecule has 0 bridgehead atoms. The Morgan fingerprint density at radius 1 is 1.30 bits per heavy atom. The van der Waals surface area contributed by atoms with Crippen molar-refractivity contribution in [2.45, 2.75) is 53.2 Å².